The van der Waals surface area contributed by atoms with E-state index in [1.807, 2.05) is 0 Å². The SMILES string of the molecule is C=C(CC)CC(C)(C)CCC(=C)C(C)C. The fourth-order valence-electron chi connectivity index (χ4n) is 1.68. The van der Waals surface area contributed by atoms with Gasteiger partial charge in [-0.3, -0.25) is 0 Å². The summed E-state index contributed by atoms with van der Waals surface area (Å²) in [7, 11) is 0. The highest BCUT2D eigenvalue weighted by atomic mass is 14.2. The van der Waals surface area contributed by atoms with E-state index in [0.717, 1.165) is 19.3 Å². The molecule has 0 saturated carbocycles. The molecule has 0 aromatic carbocycles. The zero-order chi connectivity index (χ0) is 12.1. The molecular formula is C15H28. The Kier molecular flexibility index (Phi) is 5.93. The molecule has 0 heterocycles. The first-order valence-corrected chi connectivity index (χ1v) is 6.13. The largest absolute Gasteiger partial charge is 0.0999 e. The van der Waals surface area contributed by atoms with Crippen molar-refractivity contribution < 1.29 is 0 Å². The van der Waals surface area contributed by atoms with Crippen LogP contribution in [-0.2, 0) is 0 Å². The number of allylic oxidation sites excluding steroid dienone is 2. The Balaban J connectivity index is 4.04. The molecule has 0 spiro atoms. The van der Waals surface area contributed by atoms with Crippen LogP contribution in [0.2, 0.25) is 0 Å². The lowest BCUT2D eigenvalue weighted by molar-refractivity contribution is 0.326. The summed E-state index contributed by atoms with van der Waals surface area (Å²) >= 11 is 0. The molecule has 0 rings (SSSR count). The van der Waals surface area contributed by atoms with E-state index >= 15 is 0 Å². The van der Waals surface area contributed by atoms with E-state index in [0.29, 0.717) is 11.3 Å². The van der Waals surface area contributed by atoms with Crippen LogP contribution in [0.1, 0.15) is 60.3 Å². The van der Waals surface area contributed by atoms with Crippen LogP contribution in [0.5, 0.6) is 0 Å². The van der Waals surface area contributed by atoms with E-state index in [1.54, 1.807) is 0 Å². The van der Waals surface area contributed by atoms with Gasteiger partial charge in [-0.15, -0.1) is 0 Å². The molecule has 0 aromatic rings. The summed E-state index contributed by atoms with van der Waals surface area (Å²) < 4.78 is 0. The Morgan fingerprint density at radius 2 is 1.73 bits per heavy atom. The van der Waals surface area contributed by atoms with Gasteiger partial charge in [0.1, 0.15) is 0 Å². The summed E-state index contributed by atoms with van der Waals surface area (Å²) in [6.45, 7) is 19.5. The lowest BCUT2D eigenvalue weighted by Gasteiger charge is -2.26. The van der Waals surface area contributed by atoms with Gasteiger partial charge in [0.05, 0.1) is 0 Å². The molecule has 0 saturated heterocycles. The highest BCUT2D eigenvalue weighted by Gasteiger charge is 2.18. The van der Waals surface area contributed by atoms with E-state index in [1.165, 1.54) is 17.6 Å². The molecule has 0 radical (unpaired) electrons. The standard InChI is InChI=1S/C15H28/c1-8-13(4)11-15(6,7)10-9-14(5)12(2)3/h12H,4-5,8-11H2,1-3,6-7H3. The van der Waals surface area contributed by atoms with Crippen LogP contribution in [0.4, 0.5) is 0 Å². The van der Waals surface area contributed by atoms with Crippen LogP contribution < -0.4 is 0 Å². The molecule has 0 heteroatoms. The van der Waals surface area contributed by atoms with Gasteiger partial charge in [0.15, 0.2) is 0 Å². The van der Waals surface area contributed by atoms with E-state index in [-0.39, 0.29) is 0 Å². The van der Waals surface area contributed by atoms with Gasteiger partial charge in [0.25, 0.3) is 0 Å². The van der Waals surface area contributed by atoms with Crippen LogP contribution in [0.15, 0.2) is 24.3 Å². The molecule has 0 aliphatic carbocycles. The minimum atomic E-state index is 0.380. The van der Waals surface area contributed by atoms with E-state index in [2.05, 4.69) is 47.8 Å². The van der Waals surface area contributed by atoms with E-state index in [4.69, 9.17) is 0 Å². The third-order valence-corrected chi connectivity index (χ3v) is 3.17. The lowest BCUT2D eigenvalue weighted by atomic mass is 9.79. The monoisotopic (exact) mass is 208 g/mol. The van der Waals surface area contributed by atoms with Crippen LogP contribution in [0.25, 0.3) is 0 Å². The van der Waals surface area contributed by atoms with Crippen molar-refractivity contribution in [1.82, 2.24) is 0 Å². The minimum absolute atomic E-state index is 0.380. The molecule has 0 nitrogen and oxygen atoms in total. The van der Waals surface area contributed by atoms with E-state index in [9.17, 15) is 0 Å². The summed E-state index contributed by atoms with van der Waals surface area (Å²) in [5.74, 6) is 0.621. The summed E-state index contributed by atoms with van der Waals surface area (Å²) in [4.78, 5) is 0. The molecule has 0 aliphatic rings. The molecule has 15 heavy (non-hydrogen) atoms. The second kappa shape index (κ2) is 6.15. The maximum absolute atomic E-state index is 4.13. The van der Waals surface area contributed by atoms with Crippen molar-refractivity contribution in [2.24, 2.45) is 11.3 Å². The minimum Gasteiger partial charge on any atom is -0.0999 e. The van der Waals surface area contributed by atoms with Crippen molar-refractivity contribution in [2.75, 3.05) is 0 Å². The predicted octanol–water partition coefficient (Wildman–Crippen LogP) is 5.36. The van der Waals surface area contributed by atoms with Crippen LogP contribution in [0, 0.1) is 11.3 Å². The quantitative estimate of drug-likeness (QED) is 0.494. The van der Waals surface area contributed by atoms with Crippen LogP contribution in [-0.4, -0.2) is 0 Å². The molecule has 0 aromatic heterocycles. The molecule has 0 aliphatic heterocycles. The van der Waals surface area contributed by atoms with Gasteiger partial charge in [-0.25, -0.2) is 0 Å². The zero-order valence-electron chi connectivity index (χ0n) is 11.3. The Labute approximate surface area is 96.5 Å². The third-order valence-electron chi connectivity index (χ3n) is 3.17. The van der Waals surface area contributed by atoms with Crippen LogP contribution >= 0.6 is 0 Å². The smallest absolute Gasteiger partial charge is 0.0263 e. The van der Waals surface area contributed by atoms with Crippen molar-refractivity contribution in [1.29, 1.82) is 0 Å². The molecular weight excluding hydrogens is 180 g/mol. The number of hydrogen-bond donors (Lipinski definition) is 0. The van der Waals surface area contributed by atoms with Gasteiger partial charge in [0.2, 0.25) is 0 Å². The summed E-state index contributed by atoms with van der Waals surface area (Å²) in [5, 5.41) is 0. The second-order valence-corrected chi connectivity index (χ2v) is 5.76. The highest BCUT2D eigenvalue weighted by molar-refractivity contribution is 5.01. The molecule has 0 N–H and O–H groups in total. The predicted molar refractivity (Wildman–Crippen MR) is 71.0 cm³/mol. The van der Waals surface area contributed by atoms with Gasteiger partial charge in [-0.05, 0) is 37.0 Å². The summed E-state index contributed by atoms with van der Waals surface area (Å²) in [5.41, 5.74) is 3.13. The Morgan fingerprint density at radius 3 is 2.13 bits per heavy atom. The van der Waals surface area contributed by atoms with Crippen molar-refractivity contribution in [3.05, 3.63) is 24.3 Å². The topological polar surface area (TPSA) is 0 Å². The molecule has 88 valence electrons. The molecule has 0 fully saturated rings. The summed E-state index contributed by atoms with van der Waals surface area (Å²) in [6.07, 6.45) is 4.63. The fourth-order valence-corrected chi connectivity index (χ4v) is 1.68. The Hall–Kier alpha value is -0.520. The van der Waals surface area contributed by atoms with Gasteiger partial charge in [-0.2, -0.15) is 0 Å². The first kappa shape index (κ1) is 14.5. The molecule has 0 atom stereocenters. The van der Waals surface area contributed by atoms with Crippen LogP contribution in [0.3, 0.4) is 0 Å². The first-order chi connectivity index (χ1) is 6.78. The Morgan fingerprint density at radius 1 is 1.20 bits per heavy atom. The number of rotatable bonds is 7. The third kappa shape index (κ3) is 6.54. The fraction of sp³-hybridized carbons (Fsp3) is 0.733. The molecule has 0 amide bonds. The van der Waals surface area contributed by atoms with Gasteiger partial charge >= 0.3 is 0 Å². The van der Waals surface area contributed by atoms with Crippen molar-refractivity contribution in [2.45, 2.75) is 60.3 Å². The van der Waals surface area contributed by atoms with Gasteiger partial charge in [-0.1, -0.05) is 58.9 Å². The lowest BCUT2D eigenvalue weighted by Crippen LogP contribution is -2.13. The first-order valence-electron chi connectivity index (χ1n) is 6.13. The zero-order valence-corrected chi connectivity index (χ0v) is 11.3. The molecule has 0 unspecified atom stereocenters. The average Bonchev–Trinajstić information content (AvgIpc) is 2.13. The maximum atomic E-state index is 4.13. The maximum Gasteiger partial charge on any atom is -0.0263 e. The number of hydrogen-bond acceptors (Lipinski definition) is 0. The van der Waals surface area contributed by atoms with Crippen molar-refractivity contribution >= 4 is 0 Å². The summed E-state index contributed by atoms with van der Waals surface area (Å²) in [6, 6.07) is 0. The molecule has 0 bridgehead atoms. The Bertz CT molecular complexity index is 218. The van der Waals surface area contributed by atoms with E-state index < -0.39 is 0 Å². The van der Waals surface area contributed by atoms with Crippen molar-refractivity contribution in [3.8, 4) is 0 Å². The second-order valence-electron chi connectivity index (χ2n) is 5.76. The van der Waals surface area contributed by atoms with Gasteiger partial charge in [0, 0.05) is 0 Å². The highest BCUT2D eigenvalue weighted by Crippen LogP contribution is 2.33. The van der Waals surface area contributed by atoms with Gasteiger partial charge < -0.3 is 0 Å². The normalized spacial score (nSPS) is 11.9. The average molecular weight is 208 g/mol. The van der Waals surface area contributed by atoms with Crippen molar-refractivity contribution in [3.63, 3.8) is 0 Å².